The Hall–Kier alpha value is -3.41. The first-order valence-corrected chi connectivity index (χ1v) is 9.47. The fourth-order valence-electron chi connectivity index (χ4n) is 3.27. The Labute approximate surface area is 170 Å². The van der Waals surface area contributed by atoms with Gasteiger partial charge in [-0.15, -0.1) is 0 Å². The van der Waals surface area contributed by atoms with Gasteiger partial charge >= 0.3 is 0 Å². The van der Waals surface area contributed by atoms with Gasteiger partial charge in [0.2, 0.25) is 11.7 Å². The number of aryl methyl sites for hydroxylation is 1. The highest BCUT2D eigenvalue weighted by Crippen LogP contribution is 2.38. The summed E-state index contributed by atoms with van der Waals surface area (Å²) in [5, 5.41) is 4.00. The predicted octanol–water partition coefficient (Wildman–Crippen LogP) is 4.73. The van der Waals surface area contributed by atoms with Gasteiger partial charge in [0.25, 0.3) is 0 Å². The van der Waals surface area contributed by atoms with Gasteiger partial charge in [-0.1, -0.05) is 6.92 Å². The third kappa shape index (κ3) is 4.54. The van der Waals surface area contributed by atoms with Crippen LogP contribution in [0.4, 0.5) is 5.69 Å². The summed E-state index contributed by atoms with van der Waals surface area (Å²) in [5.74, 6) is 1.37. The lowest BCUT2D eigenvalue weighted by Gasteiger charge is -2.12. The van der Waals surface area contributed by atoms with Crippen molar-refractivity contribution in [3.05, 3.63) is 54.2 Å². The summed E-state index contributed by atoms with van der Waals surface area (Å²) in [5.41, 5.74) is 2.69. The highest BCUT2D eigenvalue weighted by molar-refractivity contribution is 6.03. The monoisotopic (exact) mass is 394 g/mol. The number of carbonyl (C=O) groups excluding carboxylic acids is 1. The van der Waals surface area contributed by atoms with Gasteiger partial charge in [-0.3, -0.25) is 4.79 Å². The zero-order valence-corrected chi connectivity index (χ0v) is 17.2. The standard InChI is InChI=1S/C23H26N2O4/c1-5-11-25-12-10-17-15-18(7-8-19(17)25)24-22(26)9-6-16-13-20(27-2)23(29-4)21(14-16)28-3/h6-10,12-15H,5,11H2,1-4H3,(H,24,26)/b9-6+. The number of methoxy groups -OCH3 is 3. The normalized spacial score (nSPS) is 11.0. The molecule has 0 aliphatic rings. The van der Waals surface area contributed by atoms with Gasteiger partial charge in [0, 0.05) is 35.4 Å². The molecule has 0 saturated carbocycles. The second-order valence-corrected chi connectivity index (χ2v) is 6.56. The molecule has 1 aromatic heterocycles. The Kier molecular flexibility index (Phi) is 6.44. The lowest BCUT2D eigenvalue weighted by molar-refractivity contribution is -0.111. The molecule has 0 spiro atoms. The maximum atomic E-state index is 12.4. The maximum Gasteiger partial charge on any atom is 0.248 e. The number of nitrogens with one attached hydrogen (secondary N) is 1. The Morgan fingerprint density at radius 1 is 1.03 bits per heavy atom. The van der Waals surface area contributed by atoms with Gasteiger partial charge in [-0.2, -0.15) is 0 Å². The van der Waals surface area contributed by atoms with Crippen LogP contribution in [0, 0.1) is 0 Å². The van der Waals surface area contributed by atoms with Crippen LogP contribution >= 0.6 is 0 Å². The Morgan fingerprint density at radius 3 is 2.38 bits per heavy atom. The molecule has 6 nitrogen and oxygen atoms in total. The van der Waals surface area contributed by atoms with Crippen LogP contribution in [0.1, 0.15) is 18.9 Å². The molecule has 0 bridgehead atoms. The summed E-state index contributed by atoms with van der Waals surface area (Å²) in [6.45, 7) is 3.13. The van der Waals surface area contributed by atoms with Crippen molar-refractivity contribution >= 4 is 28.6 Å². The number of amides is 1. The maximum absolute atomic E-state index is 12.4. The molecule has 0 unspecified atom stereocenters. The largest absolute Gasteiger partial charge is 0.493 e. The van der Waals surface area contributed by atoms with Crippen molar-refractivity contribution in [3.8, 4) is 17.2 Å². The number of aromatic nitrogens is 1. The number of benzene rings is 2. The van der Waals surface area contributed by atoms with Gasteiger partial charge in [0.1, 0.15) is 0 Å². The van der Waals surface area contributed by atoms with Crippen molar-refractivity contribution in [3.63, 3.8) is 0 Å². The summed E-state index contributed by atoms with van der Waals surface area (Å²) in [7, 11) is 4.67. The molecule has 6 heteroatoms. The number of nitrogens with zero attached hydrogens (tertiary/aromatic N) is 1. The fraction of sp³-hybridized carbons (Fsp3) is 0.261. The zero-order valence-electron chi connectivity index (χ0n) is 17.2. The fourth-order valence-corrected chi connectivity index (χ4v) is 3.27. The molecule has 0 atom stereocenters. The summed E-state index contributed by atoms with van der Waals surface area (Å²) in [4.78, 5) is 12.4. The predicted molar refractivity (Wildman–Crippen MR) is 116 cm³/mol. The van der Waals surface area contributed by atoms with Crippen LogP contribution < -0.4 is 19.5 Å². The number of hydrogen-bond donors (Lipinski definition) is 1. The van der Waals surface area contributed by atoms with Crippen molar-refractivity contribution in [1.29, 1.82) is 0 Å². The van der Waals surface area contributed by atoms with Crippen molar-refractivity contribution in [1.82, 2.24) is 4.57 Å². The Bertz CT molecular complexity index is 1010. The van der Waals surface area contributed by atoms with Crippen LogP contribution in [-0.4, -0.2) is 31.8 Å². The Morgan fingerprint density at radius 2 is 1.76 bits per heavy atom. The lowest BCUT2D eigenvalue weighted by Crippen LogP contribution is -2.07. The molecule has 3 rings (SSSR count). The van der Waals surface area contributed by atoms with Crippen LogP contribution in [0.15, 0.2) is 48.7 Å². The summed E-state index contributed by atoms with van der Waals surface area (Å²) < 4.78 is 18.2. The van der Waals surface area contributed by atoms with Crippen LogP contribution in [0.25, 0.3) is 17.0 Å². The third-order valence-electron chi connectivity index (χ3n) is 4.62. The van der Waals surface area contributed by atoms with Crippen molar-refractivity contribution in [2.24, 2.45) is 0 Å². The van der Waals surface area contributed by atoms with E-state index in [1.165, 1.54) is 6.08 Å². The second-order valence-electron chi connectivity index (χ2n) is 6.56. The van der Waals surface area contributed by atoms with E-state index in [1.807, 2.05) is 18.2 Å². The molecule has 0 aliphatic carbocycles. The molecule has 0 saturated heterocycles. The quantitative estimate of drug-likeness (QED) is 0.561. The average Bonchev–Trinajstić information content (AvgIpc) is 3.13. The average molecular weight is 394 g/mol. The van der Waals surface area contributed by atoms with E-state index in [0.29, 0.717) is 17.2 Å². The first-order valence-electron chi connectivity index (χ1n) is 9.47. The SMILES string of the molecule is CCCn1ccc2cc(NC(=O)/C=C/c3cc(OC)c(OC)c(OC)c3)ccc21. The number of anilines is 1. The molecule has 1 amide bonds. The minimum atomic E-state index is -0.217. The second kappa shape index (κ2) is 9.19. The zero-order chi connectivity index (χ0) is 20.8. The van der Waals surface area contributed by atoms with Crippen LogP contribution in [0.2, 0.25) is 0 Å². The van der Waals surface area contributed by atoms with Crippen LogP contribution in [0.5, 0.6) is 17.2 Å². The van der Waals surface area contributed by atoms with E-state index in [0.717, 1.165) is 35.1 Å². The minimum absolute atomic E-state index is 0.217. The van der Waals surface area contributed by atoms with Gasteiger partial charge in [-0.25, -0.2) is 0 Å². The first kappa shape index (κ1) is 20.3. The number of carbonyl (C=O) groups is 1. The summed E-state index contributed by atoms with van der Waals surface area (Å²) in [6.07, 6.45) is 6.33. The molecule has 3 aromatic rings. The smallest absolute Gasteiger partial charge is 0.248 e. The molecule has 152 valence electrons. The van der Waals surface area contributed by atoms with Crippen molar-refractivity contribution in [2.45, 2.75) is 19.9 Å². The van der Waals surface area contributed by atoms with Crippen molar-refractivity contribution < 1.29 is 19.0 Å². The number of hydrogen-bond acceptors (Lipinski definition) is 4. The van der Waals surface area contributed by atoms with E-state index < -0.39 is 0 Å². The summed E-state index contributed by atoms with van der Waals surface area (Å²) in [6, 6.07) is 11.6. The number of rotatable bonds is 8. The topological polar surface area (TPSA) is 61.7 Å². The molecule has 0 radical (unpaired) electrons. The van der Waals surface area contributed by atoms with Crippen LogP contribution in [0.3, 0.4) is 0 Å². The van der Waals surface area contributed by atoms with E-state index in [2.05, 4.69) is 29.1 Å². The molecule has 2 aromatic carbocycles. The van der Waals surface area contributed by atoms with Crippen molar-refractivity contribution in [2.75, 3.05) is 26.6 Å². The molecule has 0 aliphatic heterocycles. The highest BCUT2D eigenvalue weighted by Gasteiger charge is 2.12. The van der Waals surface area contributed by atoms with E-state index in [-0.39, 0.29) is 5.91 Å². The van der Waals surface area contributed by atoms with Gasteiger partial charge < -0.3 is 24.1 Å². The number of ether oxygens (including phenoxy) is 3. The van der Waals surface area contributed by atoms with E-state index in [4.69, 9.17) is 14.2 Å². The third-order valence-corrected chi connectivity index (χ3v) is 4.62. The van der Waals surface area contributed by atoms with E-state index in [1.54, 1.807) is 39.5 Å². The molecule has 0 fully saturated rings. The molecule has 1 N–H and O–H groups in total. The van der Waals surface area contributed by atoms with Gasteiger partial charge in [0.05, 0.1) is 21.3 Å². The molecule has 1 heterocycles. The molecule has 29 heavy (non-hydrogen) atoms. The van der Waals surface area contributed by atoms with Gasteiger partial charge in [-0.05, 0) is 54.5 Å². The Balaban J connectivity index is 1.75. The first-order chi connectivity index (χ1) is 14.1. The molecular weight excluding hydrogens is 368 g/mol. The number of fused-ring (bicyclic) bond motifs is 1. The van der Waals surface area contributed by atoms with E-state index in [9.17, 15) is 4.79 Å². The molecular formula is C23H26N2O4. The van der Waals surface area contributed by atoms with Gasteiger partial charge in [0.15, 0.2) is 11.5 Å². The highest BCUT2D eigenvalue weighted by atomic mass is 16.5. The minimum Gasteiger partial charge on any atom is -0.493 e. The van der Waals surface area contributed by atoms with Crippen LogP contribution in [-0.2, 0) is 11.3 Å². The summed E-state index contributed by atoms with van der Waals surface area (Å²) >= 11 is 0. The lowest BCUT2D eigenvalue weighted by atomic mass is 10.1. The van der Waals surface area contributed by atoms with E-state index >= 15 is 0 Å².